The first kappa shape index (κ1) is 25.1. The van der Waals surface area contributed by atoms with Crippen LogP contribution in [0.25, 0.3) is 5.69 Å². The van der Waals surface area contributed by atoms with E-state index in [-0.39, 0.29) is 40.2 Å². The molecule has 0 unspecified atom stereocenters. The van der Waals surface area contributed by atoms with Crippen molar-refractivity contribution in [1.29, 1.82) is 0 Å². The molecule has 182 valence electrons. The van der Waals surface area contributed by atoms with Crippen molar-refractivity contribution in [3.8, 4) is 5.69 Å². The van der Waals surface area contributed by atoms with E-state index in [1.54, 1.807) is 0 Å². The second kappa shape index (κ2) is 10.6. The zero-order valence-corrected chi connectivity index (χ0v) is 19.4. The number of rotatable bonds is 7. The Morgan fingerprint density at radius 2 is 1.63 bits per heavy atom. The third kappa shape index (κ3) is 5.35. The number of nitrogens with zero attached hydrogens (tertiary/aromatic N) is 2. The van der Waals surface area contributed by atoms with Crippen LogP contribution in [0.1, 0.15) is 38.9 Å². The van der Waals surface area contributed by atoms with Crippen molar-refractivity contribution in [2.75, 3.05) is 21.3 Å². The molecule has 0 radical (unpaired) electrons. The van der Waals surface area contributed by atoms with Crippen molar-refractivity contribution in [3.63, 3.8) is 0 Å². The number of nitrogens with one attached hydrogen (secondary N) is 1. The van der Waals surface area contributed by atoms with Gasteiger partial charge in [-0.15, -0.1) is 0 Å². The summed E-state index contributed by atoms with van der Waals surface area (Å²) in [6, 6.07) is 9.21. The molecule has 0 saturated heterocycles. The van der Waals surface area contributed by atoms with Gasteiger partial charge in [0.2, 0.25) is 0 Å². The Balaban J connectivity index is 2.21. The Hall–Kier alpha value is -4.54. The molecule has 0 aliphatic heterocycles. The summed E-state index contributed by atoms with van der Waals surface area (Å²) in [7, 11) is 3.61. The number of benzene rings is 2. The minimum Gasteiger partial charge on any atom is -0.469 e. The van der Waals surface area contributed by atoms with Crippen LogP contribution in [0.15, 0.2) is 52.3 Å². The fourth-order valence-electron chi connectivity index (χ4n) is 3.36. The van der Waals surface area contributed by atoms with Crippen molar-refractivity contribution in [2.24, 2.45) is 4.99 Å². The number of carbonyl (C=O) groups is 3. The van der Waals surface area contributed by atoms with Crippen molar-refractivity contribution >= 4 is 29.3 Å². The first-order valence-electron chi connectivity index (χ1n) is 10.2. The lowest BCUT2D eigenvalue weighted by atomic mass is 10.1. The number of H-pyrrole nitrogens is 1. The summed E-state index contributed by atoms with van der Waals surface area (Å²) in [6.07, 6.45) is -0.284. The highest BCUT2D eigenvalue weighted by atomic mass is 19.1. The van der Waals surface area contributed by atoms with E-state index >= 15 is 0 Å². The molecule has 0 saturated carbocycles. The van der Waals surface area contributed by atoms with Gasteiger partial charge in [-0.3, -0.25) is 19.7 Å². The van der Waals surface area contributed by atoms with Gasteiger partial charge in [0.05, 0.1) is 67.2 Å². The van der Waals surface area contributed by atoms with Crippen LogP contribution < -0.4 is 5.56 Å². The fourth-order valence-corrected chi connectivity index (χ4v) is 3.36. The van der Waals surface area contributed by atoms with E-state index in [0.29, 0.717) is 5.69 Å². The maximum Gasteiger partial charge on any atom is 0.340 e. The van der Waals surface area contributed by atoms with Gasteiger partial charge >= 0.3 is 17.9 Å². The van der Waals surface area contributed by atoms with E-state index in [9.17, 15) is 23.6 Å². The molecule has 1 aromatic heterocycles. The summed E-state index contributed by atoms with van der Waals surface area (Å²) >= 11 is 0. The Kier molecular flexibility index (Phi) is 7.59. The van der Waals surface area contributed by atoms with Gasteiger partial charge in [-0.2, -0.15) is 0 Å². The number of aliphatic imine (C=N–C) groups is 1. The molecule has 3 rings (SSSR count). The summed E-state index contributed by atoms with van der Waals surface area (Å²) in [4.78, 5) is 54.0. The maximum atomic E-state index is 13.4. The lowest BCUT2D eigenvalue weighted by Gasteiger charge is -2.08. The van der Waals surface area contributed by atoms with Crippen LogP contribution in [-0.4, -0.2) is 54.7 Å². The van der Waals surface area contributed by atoms with Gasteiger partial charge in [-0.25, -0.2) is 18.7 Å². The lowest BCUT2D eigenvalue weighted by Crippen LogP contribution is -2.20. The van der Waals surface area contributed by atoms with Crippen molar-refractivity contribution in [1.82, 2.24) is 9.78 Å². The summed E-state index contributed by atoms with van der Waals surface area (Å²) in [5.41, 5.74) is 0.344. The van der Waals surface area contributed by atoms with Gasteiger partial charge in [-0.05, 0) is 49.4 Å². The second-order valence-corrected chi connectivity index (χ2v) is 7.25. The maximum absolute atomic E-state index is 13.4. The molecular formula is C24H22FN3O7. The molecule has 11 heteroatoms. The highest BCUT2D eigenvalue weighted by Gasteiger charge is 2.22. The molecule has 10 nitrogen and oxygen atoms in total. The SMILES string of the molecule is COC(=O)Cc1[nH]n(-c2ccc(F)cc2)c(=O)c1C(C)=Nc1cc(C(=O)OC)ccc1C(=O)OC. The number of aromatic nitrogens is 2. The molecule has 0 atom stereocenters. The van der Waals surface area contributed by atoms with Gasteiger partial charge < -0.3 is 14.2 Å². The Labute approximate surface area is 198 Å². The largest absolute Gasteiger partial charge is 0.469 e. The van der Waals surface area contributed by atoms with E-state index in [0.717, 1.165) is 4.68 Å². The molecule has 1 N–H and O–H groups in total. The average molecular weight is 483 g/mol. The van der Waals surface area contributed by atoms with Gasteiger partial charge in [0.1, 0.15) is 5.82 Å². The topological polar surface area (TPSA) is 129 Å². The number of methoxy groups -OCH3 is 3. The van der Waals surface area contributed by atoms with E-state index in [2.05, 4.69) is 10.1 Å². The summed E-state index contributed by atoms with van der Waals surface area (Å²) in [5.74, 6) is -2.46. The highest BCUT2D eigenvalue weighted by molar-refractivity contribution is 6.04. The second-order valence-electron chi connectivity index (χ2n) is 7.25. The van der Waals surface area contributed by atoms with Crippen molar-refractivity contribution in [3.05, 3.63) is 81.0 Å². The van der Waals surface area contributed by atoms with E-state index < -0.39 is 29.3 Å². The Bertz CT molecular complexity index is 1370. The third-order valence-electron chi connectivity index (χ3n) is 5.07. The van der Waals surface area contributed by atoms with Crippen LogP contribution in [0, 0.1) is 5.82 Å². The first-order valence-corrected chi connectivity index (χ1v) is 10.2. The van der Waals surface area contributed by atoms with Crippen LogP contribution in [0.3, 0.4) is 0 Å². The quantitative estimate of drug-likeness (QED) is 0.311. The predicted molar refractivity (Wildman–Crippen MR) is 123 cm³/mol. The van der Waals surface area contributed by atoms with Crippen LogP contribution >= 0.6 is 0 Å². The van der Waals surface area contributed by atoms with Gasteiger partial charge in [0.25, 0.3) is 5.56 Å². The predicted octanol–water partition coefficient (Wildman–Crippen LogP) is 2.73. The van der Waals surface area contributed by atoms with Crippen LogP contribution in [-0.2, 0) is 25.4 Å². The van der Waals surface area contributed by atoms with E-state index in [1.807, 2.05) is 0 Å². The summed E-state index contributed by atoms with van der Waals surface area (Å²) in [5, 5.41) is 2.84. The monoisotopic (exact) mass is 483 g/mol. The summed E-state index contributed by atoms with van der Waals surface area (Å²) in [6.45, 7) is 1.51. The number of aromatic amines is 1. The zero-order valence-electron chi connectivity index (χ0n) is 19.4. The first-order chi connectivity index (χ1) is 16.7. The average Bonchev–Trinajstić information content (AvgIpc) is 3.18. The van der Waals surface area contributed by atoms with Crippen LogP contribution in [0.2, 0.25) is 0 Å². The van der Waals surface area contributed by atoms with Gasteiger partial charge in [0, 0.05) is 0 Å². The van der Waals surface area contributed by atoms with Crippen molar-refractivity contribution < 1.29 is 33.0 Å². The zero-order chi connectivity index (χ0) is 25.7. The minimum absolute atomic E-state index is 0.0408. The minimum atomic E-state index is -0.708. The van der Waals surface area contributed by atoms with Gasteiger partial charge in [0.15, 0.2) is 0 Å². The normalized spacial score (nSPS) is 11.2. The molecule has 35 heavy (non-hydrogen) atoms. The molecule has 0 bridgehead atoms. The van der Waals surface area contributed by atoms with Crippen molar-refractivity contribution in [2.45, 2.75) is 13.3 Å². The van der Waals surface area contributed by atoms with Crippen LogP contribution in [0.4, 0.5) is 10.1 Å². The molecular weight excluding hydrogens is 461 g/mol. The number of carbonyl (C=O) groups excluding carboxylic acids is 3. The number of hydrogen-bond donors (Lipinski definition) is 1. The molecule has 0 fully saturated rings. The number of halogens is 1. The Morgan fingerprint density at radius 3 is 2.23 bits per heavy atom. The standard InChI is InChI=1S/C24H22FN3O7/c1-13(26-18-11-14(23(31)34-3)5-10-17(18)24(32)35-4)21-19(12-20(29)33-2)27-28(22(21)30)16-8-6-15(25)7-9-16/h5-11,27H,12H2,1-4H3. The van der Waals surface area contributed by atoms with Gasteiger partial charge in [-0.1, -0.05) is 0 Å². The lowest BCUT2D eigenvalue weighted by molar-refractivity contribution is -0.139. The highest BCUT2D eigenvalue weighted by Crippen LogP contribution is 2.24. The number of hydrogen-bond acceptors (Lipinski definition) is 8. The molecule has 3 aromatic rings. The van der Waals surface area contributed by atoms with Crippen LogP contribution in [0.5, 0.6) is 0 Å². The van der Waals surface area contributed by atoms with E-state index in [1.165, 1.54) is 70.7 Å². The number of ether oxygens (including phenoxy) is 3. The smallest absolute Gasteiger partial charge is 0.340 e. The fraction of sp³-hybridized carbons (Fsp3) is 0.208. The Morgan fingerprint density at radius 1 is 0.971 bits per heavy atom. The molecule has 0 spiro atoms. The molecule has 2 aromatic carbocycles. The summed E-state index contributed by atoms with van der Waals surface area (Å²) < 4.78 is 28.7. The van der Waals surface area contributed by atoms with E-state index in [4.69, 9.17) is 14.2 Å². The molecule has 1 heterocycles. The molecule has 0 aliphatic carbocycles. The third-order valence-corrected chi connectivity index (χ3v) is 5.07. The molecule has 0 amide bonds. The molecule has 0 aliphatic rings. The number of esters is 3.